The summed E-state index contributed by atoms with van der Waals surface area (Å²) in [6.07, 6.45) is -4.83. The van der Waals surface area contributed by atoms with Crippen molar-refractivity contribution in [3.8, 4) is 11.8 Å². The zero-order chi connectivity index (χ0) is 29.9. The lowest BCUT2D eigenvalue weighted by atomic mass is 10.2. The van der Waals surface area contributed by atoms with Crippen LogP contribution in [0.2, 0.25) is 10.0 Å². The molecule has 3 aromatic carbocycles. The summed E-state index contributed by atoms with van der Waals surface area (Å²) in [6, 6.07) is 17.7. The molecule has 0 spiro atoms. The molecule has 0 aliphatic carbocycles. The minimum absolute atomic E-state index is 0.190. The van der Waals surface area contributed by atoms with Gasteiger partial charge in [-0.1, -0.05) is 53.5 Å². The molecule has 212 valence electrons. The third-order valence-electron chi connectivity index (χ3n) is 5.33. The Morgan fingerprint density at radius 1 is 0.927 bits per heavy atom. The quantitative estimate of drug-likeness (QED) is 0.125. The fourth-order valence-corrected chi connectivity index (χ4v) is 4.97. The van der Waals surface area contributed by atoms with Crippen molar-refractivity contribution in [2.75, 3.05) is 5.32 Å². The Kier molecular flexibility index (Phi) is 8.83. The summed E-state index contributed by atoms with van der Waals surface area (Å²) in [5.41, 5.74) is -6.28. The Morgan fingerprint density at radius 2 is 1.49 bits per heavy atom. The van der Waals surface area contributed by atoms with E-state index in [2.05, 4.69) is 20.6 Å². The number of hydrogen-bond acceptors (Lipinski definition) is 6. The van der Waals surface area contributed by atoms with E-state index in [-0.39, 0.29) is 6.54 Å². The molecule has 0 fully saturated rings. The zero-order valence-electron chi connectivity index (χ0n) is 20.1. The molecule has 7 nitrogen and oxygen atoms in total. The van der Waals surface area contributed by atoms with Gasteiger partial charge in [-0.3, -0.25) is 0 Å². The van der Waals surface area contributed by atoms with E-state index in [0.717, 1.165) is 0 Å². The number of alkyl halides is 6. The standard InChI is InChI=1S/C25H14Cl2F6N6OS/c26-18-10-15(24(28,29)30)11-19(27)21(18)39-23(22(20(12-34)38-39)41(40)25(31,32)33)35-13-14-6-8-17(9-7-14)37-36-16-4-2-1-3-5-16/h1-11,35H,13H2. The third kappa shape index (κ3) is 6.94. The van der Waals surface area contributed by atoms with Crippen LogP contribution in [-0.2, 0) is 23.9 Å². The summed E-state index contributed by atoms with van der Waals surface area (Å²) in [6.45, 7) is -0.190. The van der Waals surface area contributed by atoms with Gasteiger partial charge in [0.15, 0.2) is 5.82 Å². The van der Waals surface area contributed by atoms with Crippen LogP contribution in [0.4, 0.5) is 43.5 Å². The van der Waals surface area contributed by atoms with Crippen LogP contribution < -0.4 is 5.32 Å². The smallest absolute Gasteiger partial charge is 0.578 e. The molecule has 0 saturated heterocycles. The van der Waals surface area contributed by atoms with E-state index in [1.165, 1.54) is 6.07 Å². The normalized spacial score (nSPS) is 12.9. The van der Waals surface area contributed by atoms with Gasteiger partial charge in [-0.2, -0.15) is 28.7 Å². The Morgan fingerprint density at radius 3 is 2.00 bits per heavy atom. The van der Waals surface area contributed by atoms with E-state index in [1.807, 2.05) is 6.07 Å². The van der Waals surface area contributed by atoms with Crippen LogP contribution in [0.25, 0.3) is 5.69 Å². The van der Waals surface area contributed by atoms with Crippen molar-refractivity contribution in [2.45, 2.75) is 23.1 Å². The molecule has 41 heavy (non-hydrogen) atoms. The van der Waals surface area contributed by atoms with E-state index in [1.54, 1.807) is 48.5 Å². The van der Waals surface area contributed by atoms with Gasteiger partial charge >= 0.3 is 11.7 Å². The number of hydrogen-bond donors (Lipinski definition) is 1. The number of benzene rings is 3. The van der Waals surface area contributed by atoms with E-state index in [9.17, 15) is 36.2 Å². The van der Waals surface area contributed by atoms with Gasteiger partial charge in [0, 0.05) is 6.54 Å². The highest BCUT2D eigenvalue weighted by Crippen LogP contribution is 2.42. The summed E-state index contributed by atoms with van der Waals surface area (Å²) in [5, 5.41) is 22.8. The topological polar surface area (TPSA) is 101 Å². The van der Waals surface area contributed by atoms with E-state index >= 15 is 0 Å². The molecule has 1 N–H and O–H groups in total. The first-order valence-corrected chi connectivity index (χ1v) is 13.1. The van der Waals surface area contributed by atoms with Crippen LogP contribution in [0.15, 0.2) is 81.9 Å². The van der Waals surface area contributed by atoms with Gasteiger partial charge in [-0.05, 0) is 42.0 Å². The molecule has 4 aromatic rings. The van der Waals surface area contributed by atoms with Crippen LogP contribution >= 0.6 is 23.2 Å². The largest absolute Gasteiger partial charge is 0.604 e. The first-order valence-electron chi connectivity index (χ1n) is 11.2. The molecule has 0 amide bonds. The molecular weight excluding hydrogens is 617 g/mol. The molecule has 0 aliphatic heterocycles. The van der Waals surface area contributed by atoms with Crippen molar-refractivity contribution >= 4 is 51.6 Å². The van der Waals surface area contributed by atoms with Crippen molar-refractivity contribution < 1.29 is 30.9 Å². The number of nitrogens with one attached hydrogen (secondary N) is 1. The van der Waals surface area contributed by atoms with Crippen molar-refractivity contribution in [1.82, 2.24) is 9.78 Å². The molecule has 16 heteroatoms. The highest BCUT2D eigenvalue weighted by Gasteiger charge is 2.50. The van der Waals surface area contributed by atoms with E-state index in [4.69, 9.17) is 23.2 Å². The molecule has 1 unspecified atom stereocenters. The van der Waals surface area contributed by atoms with Gasteiger partial charge in [0.25, 0.3) is 0 Å². The lowest BCUT2D eigenvalue weighted by Crippen LogP contribution is -2.25. The third-order valence-corrected chi connectivity index (χ3v) is 7.09. The van der Waals surface area contributed by atoms with Crippen LogP contribution in [0.1, 0.15) is 16.8 Å². The fraction of sp³-hybridized carbons (Fsp3) is 0.120. The summed E-state index contributed by atoms with van der Waals surface area (Å²) in [4.78, 5) is -1.04. The summed E-state index contributed by atoms with van der Waals surface area (Å²) in [5.74, 6) is -0.603. The summed E-state index contributed by atoms with van der Waals surface area (Å²) >= 11 is 8.36. The second kappa shape index (κ2) is 12.0. The summed E-state index contributed by atoms with van der Waals surface area (Å²) < 4.78 is 93.3. The Hall–Kier alpha value is -3.77. The SMILES string of the molecule is N#Cc1nn(-c2c(Cl)cc(C(F)(F)F)cc2Cl)c(NCc2ccc(N=Nc3ccccc3)cc2)c1[S+]([O-])C(F)(F)F. The number of nitriles is 1. The second-order valence-corrected chi connectivity index (χ2v) is 10.3. The van der Waals surface area contributed by atoms with Gasteiger partial charge in [0.05, 0.1) is 27.0 Å². The van der Waals surface area contributed by atoms with Gasteiger partial charge < -0.3 is 9.87 Å². The van der Waals surface area contributed by atoms with Gasteiger partial charge in [-0.15, -0.1) is 18.3 Å². The number of rotatable bonds is 7. The first-order chi connectivity index (χ1) is 19.3. The van der Waals surface area contributed by atoms with Crippen molar-refractivity contribution in [3.63, 3.8) is 0 Å². The van der Waals surface area contributed by atoms with Crippen LogP contribution in [0.3, 0.4) is 0 Å². The Labute approximate surface area is 241 Å². The highest BCUT2D eigenvalue weighted by atomic mass is 35.5. The Bertz CT molecular complexity index is 1600. The minimum Gasteiger partial charge on any atom is -0.604 e. The van der Waals surface area contributed by atoms with E-state index < -0.39 is 60.6 Å². The number of nitrogens with zero attached hydrogens (tertiary/aromatic N) is 5. The predicted octanol–water partition coefficient (Wildman–Crippen LogP) is 8.72. The number of anilines is 1. The average Bonchev–Trinajstić information content (AvgIpc) is 3.27. The predicted molar refractivity (Wildman–Crippen MR) is 140 cm³/mol. The number of azo groups is 1. The second-order valence-electron chi connectivity index (χ2n) is 8.11. The van der Waals surface area contributed by atoms with Crippen LogP contribution in [0.5, 0.6) is 0 Å². The molecule has 0 bridgehead atoms. The lowest BCUT2D eigenvalue weighted by Gasteiger charge is -2.17. The van der Waals surface area contributed by atoms with Crippen molar-refractivity contribution in [2.24, 2.45) is 10.2 Å². The van der Waals surface area contributed by atoms with E-state index in [0.29, 0.717) is 33.8 Å². The molecular formula is C25H14Cl2F6N6OS. The minimum atomic E-state index is -5.30. The maximum absolute atomic E-state index is 13.5. The first kappa shape index (κ1) is 30.2. The Balaban J connectivity index is 1.72. The molecule has 0 saturated carbocycles. The van der Waals surface area contributed by atoms with Gasteiger partial charge in [0.1, 0.15) is 22.9 Å². The average molecular weight is 631 g/mol. The molecule has 1 heterocycles. The number of halogens is 8. The van der Waals surface area contributed by atoms with Crippen LogP contribution in [-0.4, -0.2) is 19.8 Å². The molecule has 0 radical (unpaired) electrons. The highest BCUT2D eigenvalue weighted by molar-refractivity contribution is 7.92. The molecule has 1 aromatic heterocycles. The van der Waals surface area contributed by atoms with Gasteiger partial charge in [-0.25, -0.2) is 4.68 Å². The zero-order valence-corrected chi connectivity index (χ0v) is 22.5. The molecule has 0 aliphatic rings. The lowest BCUT2D eigenvalue weighted by molar-refractivity contribution is -0.137. The fourth-order valence-electron chi connectivity index (χ4n) is 3.49. The molecule has 1 atom stereocenters. The summed E-state index contributed by atoms with van der Waals surface area (Å²) in [7, 11) is 0. The number of aromatic nitrogens is 2. The van der Waals surface area contributed by atoms with Crippen LogP contribution in [0, 0.1) is 11.3 Å². The maximum atomic E-state index is 13.5. The maximum Gasteiger partial charge on any atom is 0.578 e. The van der Waals surface area contributed by atoms with Gasteiger partial charge in [0.2, 0.25) is 10.6 Å². The molecule has 4 rings (SSSR count). The monoisotopic (exact) mass is 630 g/mol. The van der Waals surface area contributed by atoms with Crippen molar-refractivity contribution in [3.05, 3.63) is 93.6 Å². The van der Waals surface area contributed by atoms with Crippen molar-refractivity contribution in [1.29, 1.82) is 5.26 Å².